The molecule has 106 valence electrons. The molecular weight excluding hydrogens is 284 g/mol. The molecule has 3 rings (SSSR count). The largest absolute Gasteiger partial charge is 0.437 e. The highest BCUT2D eigenvalue weighted by molar-refractivity contribution is 6.17. The quantitative estimate of drug-likeness (QED) is 0.653. The molecule has 0 fully saturated rings. The van der Waals surface area contributed by atoms with Crippen LogP contribution in [0.1, 0.15) is 17.0 Å². The van der Waals surface area contributed by atoms with Gasteiger partial charge in [-0.05, 0) is 37.6 Å². The zero-order valence-electron chi connectivity index (χ0n) is 11.9. The van der Waals surface area contributed by atoms with Gasteiger partial charge in [0.05, 0.1) is 0 Å². The minimum absolute atomic E-state index is 0.437. The first kappa shape index (κ1) is 13.8. The van der Waals surface area contributed by atoms with E-state index < -0.39 is 0 Å². The summed E-state index contributed by atoms with van der Waals surface area (Å²) in [5.41, 5.74) is 3.67. The van der Waals surface area contributed by atoms with E-state index in [9.17, 15) is 0 Å². The zero-order chi connectivity index (χ0) is 14.8. The number of fused-ring (bicyclic) bond motifs is 1. The lowest BCUT2D eigenvalue weighted by Gasteiger charge is -2.09. The molecule has 4 heteroatoms. The van der Waals surface area contributed by atoms with E-state index >= 15 is 0 Å². The van der Waals surface area contributed by atoms with Gasteiger partial charge in [0.25, 0.3) is 0 Å². The number of halogens is 1. The van der Waals surface area contributed by atoms with Gasteiger partial charge in [0.15, 0.2) is 5.75 Å². The Labute approximate surface area is 128 Å². The molecule has 0 saturated carbocycles. The van der Waals surface area contributed by atoms with E-state index in [1.807, 2.05) is 56.3 Å². The molecule has 0 aliphatic rings. The molecule has 0 unspecified atom stereocenters. The second kappa shape index (κ2) is 5.70. The predicted molar refractivity (Wildman–Crippen MR) is 85.1 cm³/mol. The van der Waals surface area contributed by atoms with Crippen LogP contribution in [-0.4, -0.2) is 9.97 Å². The Kier molecular flexibility index (Phi) is 3.76. The molecule has 2 heterocycles. The minimum atomic E-state index is 0.437. The lowest BCUT2D eigenvalue weighted by molar-refractivity contribution is 0.465. The van der Waals surface area contributed by atoms with Gasteiger partial charge >= 0.3 is 0 Å². The molecule has 3 nitrogen and oxygen atoms in total. The third kappa shape index (κ3) is 2.98. The molecule has 0 aliphatic heterocycles. The van der Waals surface area contributed by atoms with Crippen molar-refractivity contribution >= 4 is 22.5 Å². The van der Waals surface area contributed by atoms with Crippen LogP contribution in [0.3, 0.4) is 0 Å². The second-order valence-electron chi connectivity index (χ2n) is 4.97. The normalized spacial score (nSPS) is 10.8. The predicted octanol–water partition coefficient (Wildman–Crippen LogP) is 4.78. The van der Waals surface area contributed by atoms with Gasteiger partial charge < -0.3 is 4.74 Å². The number of ether oxygens (including phenoxy) is 1. The zero-order valence-corrected chi connectivity index (χ0v) is 12.7. The number of aryl methyl sites for hydroxylation is 2. The number of alkyl halides is 1. The van der Waals surface area contributed by atoms with Crippen LogP contribution in [0, 0.1) is 13.8 Å². The smallest absolute Gasteiger partial charge is 0.219 e. The molecule has 0 saturated heterocycles. The van der Waals surface area contributed by atoms with E-state index in [0.29, 0.717) is 17.5 Å². The van der Waals surface area contributed by atoms with E-state index in [4.69, 9.17) is 16.3 Å². The van der Waals surface area contributed by atoms with Crippen LogP contribution in [0.15, 0.2) is 42.5 Å². The Bertz CT molecular complexity index is 802. The van der Waals surface area contributed by atoms with Gasteiger partial charge in [-0.15, -0.1) is 11.6 Å². The molecule has 0 bridgehead atoms. The number of para-hydroxylation sites is 1. The van der Waals surface area contributed by atoms with Gasteiger partial charge in [-0.2, -0.15) is 0 Å². The van der Waals surface area contributed by atoms with Crippen molar-refractivity contribution in [3.63, 3.8) is 0 Å². The summed E-state index contributed by atoms with van der Waals surface area (Å²) in [5.74, 6) is 1.68. The van der Waals surface area contributed by atoms with Crippen molar-refractivity contribution in [2.24, 2.45) is 0 Å². The topological polar surface area (TPSA) is 35.0 Å². The van der Waals surface area contributed by atoms with Crippen molar-refractivity contribution in [2.75, 3.05) is 0 Å². The Morgan fingerprint density at radius 1 is 1.00 bits per heavy atom. The standard InChI is InChI=1S/C17H15ClN2O/c1-11-6-7-14-4-3-5-15(17(14)20-11)21-16-9-13(10-18)8-12(2)19-16/h3-9H,10H2,1-2H3. The molecule has 21 heavy (non-hydrogen) atoms. The molecule has 0 N–H and O–H groups in total. The number of rotatable bonds is 3. The fourth-order valence-electron chi connectivity index (χ4n) is 2.25. The molecule has 0 radical (unpaired) electrons. The number of nitrogens with zero attached hydrogens (tertiary/aromatic N) is 2. The fourth-order valence-corrected chi connectivity index (χ4v) is 2.40. The summed E-state index contributed by atoms with van der Waals surface area (Å²) < 4.78 is 5.94. The maximum Gasteiger partial charge on any atom is 0.219 e. The van der Waals surface area contributed by atoms with Crippen LogP contribution in [0.2, 0.25) is 0 Å². The highest BCUT2D eigenvalue weighted by atomic mass is 35.5. The molecule has 0 aliphatic carbocycles. The second-order valence-corrected chi connectivity index (χ2v) is 5.24. The maximum atomic E-state index is 5.94. The Balaban J connectivity index is 2.05. The van der Waals surface area contributed by atoms with Gasteiger partial charge in [-0.1, -0.05) is 18.2 Å². The molecule has 2 aromatic heterocycles. The van der Waals surface area contributed by atoms with Crippen LogP contribution in [-0.2, 0) is 5.88 Å². The van der Waals surface area contributed by atoms with E-state index in [0.717, 1.165) is 27.9 Å². The number of aromatic nitrogens is 2. The highest BCUT2D eigenvalue weighted by Gasteiger charge is 2.07. The third-order valence-corrected chi connectivity index (χ3v) is 3.49. The van der Waals surface area contributed by atoms with Crippen molar-refractivity contribution in [1.82, 2.24) is 9.97 Å². The summed E-state index contributed by atoms with van der Waals surface area (Å²) in [6.07, 6.45) is 0. The Hall–Kier alpha value is -2.13. The van der Waals surface area contributed by atoms with Gasteiger partial charge in [0.1, 0.15) is 5.52 Å². The van der Waals surface area contributed by atoms with Crippen LogP contribution in [0.4, 0.5) is 0 Å². The summed E-state index contributed by atoms with van der Waals surface area (Å²) in [6, 6.07) is 13.7. The summed E-state index contributed by atoms with van der Waals surface area (Å²) in [6.45, 7) is 3.89. The molecule has 0 atom stereocenters. The molecule has 0 amide bonds. The summed E-state index contributed by atoms with van der Waals surface area (Å²) in [7, 11) is 0. The molecule has 1 aromatic carbocycles. The van der Waals surface area contributed by atoms with Crippen LogP contribution in [0.25, 0.3) is 10.9 Å². The van der Waals surface area contributed by atoms with E-state index in [1.165, 1.54) is 0 Å². The number of hydrogen-bond acceptors (Lipinski definition) is 3. The highest BCUT2D eigenvalue weighted by Crippen LogP contribution is 2.28. The third-order valence-electron chi connectivity index (χ3n) is 3.18. The van der Waals surface area contributed by atoms with E-state index in [-0.39, 0.29) is 0 Å². The summed E-state index contributed by atoms with van der Waals surface area (Å²) in [4.78, 5) is 8.96. The van der Waals surface area contributed by atoms with Gasteiger partial charge in [-0.25, -0.2) is 9.97 Å². The SMILES string of the molecule is Cc1cc(CCl)cc(Oc2cccc3ccc(C)nc23)n1. The first-order valence-electron chi connectivity index (χ1n) is 6.73. The lowest BCUT2D eigenvalue weighted by atomic mass is 10.2. The van der Waals surface area contributed by atoms with Crippen molar-refractivity contribution in [3.8, 4) is 11.6 Å². The van der Waals surface area contributed by atoms with Gasteiger partial charge in [-0.3, -0.25) is 0 Å². The lowest BCUT2D eigenvalue weighted by Crippen LogP contribution is -1.94. The van der Waals surface area contributed by atoms with Gasteiger partial charge in [0.2, 0.25) is 5.88 Å². The molecular formula is C17H15ClN2O. The monoisotopic (exact) mass is 298 g/mol. The average molecular weight is 299 g/mol. The fraction of sp³-hybridized carbons (Fsp3) is 0.176. The average Bonchev–Trinajstić information content (AvgIpc) is 2.47. The summed E-state index contributed by atoms with van der Waals surface area (Å²) >= 11 is 5.89. The Morgan fingerprint density at radius 3 is 2.67 bits per heavy atom. The number of benzene rings is 1. The van der Waals surface area contributed by atoms with Crippen LogP contribution >= 0.6 is 11.6 Å². The van der Waals surface area contributed by atoms with Crippen molar-refractivity contribution < 1.29 is 4.74 Å². The first-order valence-corrected chi connectivity index (χ1v) is 7.27. The number of pyridine rings is 2. The maximum absolute atomic E-state index is 5.94. The van der Waals surface area contributed by atoms with Crippen molar-refractivity contribution in [1.29, 1.82) is 0 Å². The van der Waals surface area contributed by atoms with E-state index in [1.54, 1.807) is 0 Å². The van der Waals surface area contributed by atoms with E-state index in [2.05, 4.69) is 9.97 Å². The molecule has 3 aromatic rings. The van der Waals surface area contributed by atoms with Crippen LogP contribution in [0.5, 0.6) is 11.6 Å². The van der Waals surface area contributed by atoms with Crippen LogP contribution < -0.4 is 4.74 Å². The minimum Gasteiger partial charge on any atom is -0.437 e. The van der Waals surface area contributed by atoms with Gasteiger partial charge in [0, 0.05) is 28.7 Å². The van der Waals surface area contributed by atoms with Crippen molar-refractivity contribution in [3.05, 3.63) is 59.4 Å². The Morgan fingerprint density at radius 2 is 1.86 bits per heavy atom. The number of hydrogen-bond donors (Lipinski definition) is 0. The molecule has 0 spiro atoms. The van der Waals surface area contributed by atoms with Crippen molar-refractivity contribution in [2.45, 2.75) is 19.7 Å². The first-order chi connectivity index (χ1) is 10.2. The summed E-state index contributed by atoms with van der Waals surface area (Å²) in [5, 5.41) is 1.04.